The van der Waals surface area contributed by atoms with Gasteiger partial charge >= 0.3 is 0 Å². The lowest BCUT2D eigenvalue weighted by atomic mass is 9.96. The summed E-state index contributed by atoms with van der Waals surface area (Å²) in [5, 5.41) is 4.33. The molecule has 114 valence electrons. The van der Waals surface area contributed by atoms with E-state index in [4.69, 9.17) is 4.74 Å². The van der Waals surface area contributed by atoms with Crippen LogP contribution in [0.2, 0.25) is 0 Å². The van der Waals surface area contributed by atoms with Crippen LogP contribution in [0.5, 0.6) is 5.75 Å². The molecule has 1 heterocycles. The SMILES string of the molecule is CCNc1c(C(C)C)c(C)nc2cc(F)c(OCC)cc12. The van der Waals surface area contributed by atoms with E-state index in [1.54, 1.807) is 6.07 Å². The highest BCUT2D eigenvalue weighted by Crippen LogP contribution is 2.36. The van der Waals surface area contributed by atoms with Gasteiger partial charge in [-0.05, 0) is 38.3 Å². The summed E-state index contributed by atoms with van der Waals surface area (Å²) in [6, 6.07) is 3.21. The standard InChI is InChI=1S/C17H23FN2O/c1-6-19-17-12-8-15(21-7-2)13(18)9-14(12)20-11(5)16(17)10(3)4/h8-10H,6-7H2,1-5H3,(H,19,20). The number of pyridine rings is 1. The van der Waals surface area contributed by atoms with E-state index in [0.717, 1.165) is 23.3 Å². The van der Waals surface area contributed by atoms with Gasteiger partial charge in [-0.2, -0.15) is 0 Å². The Bertz CT molecular complexity index is 653. The van der Waals surface area contributed by atoms with Gasteiger partial charge in [0.05, 0.1) is 12.1 Å². The minimum Gasteiger partial charge on any atom is -0.491 e. The van der Waals surface area contributed by atoms with Gasteiger partial charge in [0.15, 0.2) is 11.6 Å². The summed E-state index contributed by atoms with van der Waals surface area (Å²) in [4.78, 5) is 4.57. The zero-order valence-corrected chi connectivity index (χ0v) is 13.4. The van der Waals surface area contributed by atoms with Crippen molar-refractivity contribution in [3.63, 3.8) is 0 Å². The van der Waals surface area contributed by atoms with Gasteiger partial charge in [-0.3, -0.25) is 4.98 Å². The molecule has 2 rings (SSSR count). The molecule has 21 heavy (non-hydrogen) atoms. The normalized spacial score (nSPS) is 11.2. The van der Waals surface area contributed by atoms with E-state index in [0.29, 0.717) is 18.0 Å². The second-order valence-electron chi connectivity index (χ2n) is 5.40. The largest absolute Gasteiger partial charge is 0.491 e. The summed E-state index contributed by atoms with van der Waals surface area (Å²) in [7, 11) is 0. The average molecular weight is 290 g/mol. The zero-order valence-electron chi connectivity index (χ0n) is 13.4. The van der Waals surface area contributed by atoms with Crippen molar-refractivity contribution in [3.8, 4) is 5.75 Å². The first-order valence-electron chi connectivity index (χ1n) is 7.49. The Morgan fingerprint density at radius 3 is 2.57 bits per heavy atom. The van der Waals surface area contributed by atoms with Crippen molar-refractivity contribution in [2.24, 2.45) is 0 Å². The Labute approximate surface area is 125 Å². The molecule has 0 aliphatic carbocycles. The Morgan fingerprint density at radius 2 is 2.00 bits per heavy atom. The van der Waals surface area contributed by atoms with Crippen molar-refractivity contribution in [2.45, 2.75) is 40.5 Å². The molecule has 1 aromatic heterocycles. The third-order valence-electron chi connectivity index (χ3n) is 3.50. The summed E-state index contributed by atoms with van der Waals surface area (Å²) in [5.74, 6) is 0.261. The number of hydrogen-bond donors (Lipinski definition) is 1. The first-order chi connectivity index (χ1) is 9.99. The van der Waals surface area contributed by atoms with Gasteiger partial charge in [-0.15, -0.1) is 0 Å². The molecule has 2 aromatic rings. The second kappa shape index (κ2) is 6.29. The fourth-order valence-corrected chi connectivity index (χ4v) is 2.74. The lowest BCUT2D eigenvalue weighted by Gasteiger charge is -2.19. The van der Waals surface area contributed by atoms with E-state index in [1.165, 1.54) is 11.6 Å². The maximum absolute atomic E-state index is 14.0. The van der Waals surface area contributed by atoms with Gasteiger partial charge in [0.1, 0.15) is 0 Å². The number of fused-ring (bicyclic) bond motifs is 1. The van der Waals surface area contributed by atoms with Crippen LogP contribution in [-0.4, -0.2) is 18.1 Å². The first kappa shape index (κ1) is 15.5. The van der Waals surface area contributed by atoms with Crippen LogP contribution in [0.4, 0.5) is 10.1 Å². The highest BCUT2D eigenvalue weighted by Gasteiger charge is 2.17. The van der Waals surface area contributed by atoms with Crippen molar-refractivity contribution in [1.29, 1.82) is 0 Å². The van der Waals surface area contributed by atoms with Crippen LogP contribution in [0.3, 0.4) is 0 Å². The number of nitrogens with zero attached hydrogens (tertiary/aromatic N) is 1. The molecule has 0 fully saturated rings. The van der Waals surface area contributed by atoms with Crippen LogP contribution >= 0.6 is 0 Å². The van der Waals surface area contributed by atoms with E-state index in [-0.39, 0.29) is 11.6 Å². The number of aromatic nitrogens is 1. The molecule has 0 unspecified atom stereocenters. The lowest BCUT2D eigenvalue weighted by molar-refractivity contribution is 0.322. The molecule has 0 bridgehead atoms. The van der Waals surface area contributed by atoms with Gasteiger partial charge in [-0.1, -0.05) is 13.8 Å². The number of halogens is 1. The Balaban J connectivity index is 2.78. The van der Waals surface area contributed by atoms with Gasteiger partial charge < -0.3 is 10.1 Å². The highest BCUT2D eigenvalue weighted by atomic mass is 19.1. The van der Waals surface area contributed by atoms with Crippen LogP contribution in [0.15, 0.2) is 12.1 Å². The predicted molar refractivity (Wildman–Crippen MR) is 85.9 cm³/mol. The summed E-state index contributed by atoms with van der Waals surface area (Å²) < 4.78 is 19.4. The molecule has 0 aliphatic heterocycles. The monoisotopic (exact) mass is 290 g/mol. The summed E-state index contributed by atoms with van der Waals surface area (Å²) in [5.41, 5.74) is 3.82. The van der Waals surface area contributed by atoms with E-state index < -0.39 is 0 Å². The molecule has 0 atom stereocenters. The highest BCUT2D eigenvalue weighted by molar-refractivity contribution is 5.94. The molecule has 0 amide bonds. The minimum absolute atomic E-state index is 0.282. The Morgan fingerprint density at radius 1 is 1.29 bits per heavy atom. The van der Waals surface area contributed by atoms with Crippen molar-refractivity contribution in [3.05, 3.63) is 29.2 Å². The third kappa shape index (κ3) is 2.94. The van der Waals surface area contributed by atoms with E-state index in [9.17, 15) is 4.39 Å². The number of hydrogen-bond acceptors (Lipinski definition) is 3. The molecular weight excluding hydrogens is 267 g/mol. The molecular formula is C17H23FN2O. The lowest BCUT2D eigenvalue weighted by Crippen LogP contribution is -2.07. The number of aryl methyl sites for hydroxylation is 1. The maximum atomic E-state index is 14.0. The minimum atomic E-state index is -0.365. The van der Waals surface area contributed by atoms with Crippen LogP contribution in [0.25, 0.3) is 10.9 Å². The molecule has 0 radical (unpaired) electrons. The zero-order chi connectivity index (χ0) is 15.6. The van der Waals surface area contributed by atoms with Gasteiger partial charge in [0.25, 0.3) is 0 Å². The fourth-order valence-electron chi connectivity index (χ4n) is 2.74. The second-order valence-corrected chi connectivity index (χ2v) is 5.40. The smallest absolute Gasteiger partial charge is 0.167 e. The van der Waals surface area contributed by atoms with E-state index in [1.807, 2.05) is 13.8 Å². The van der Waals surface area contributed by atoms with Crippen molar-refractivity contribution < 1.29 is 9.13 Å². The first-order valence-corrected chi connectivity index (χ1v) is 7.49. The molecule has 0 aliphatic rings. The number of benzene rings is 1. The quantitative estimate of drug-likeness (QED) is 0.871. The van der Waals surface area contributed by atoms with Crippen LogP contribution in [0.1, 0.15) is 44.9 Å². The summed E-state index contributed by atoms with van der Waals surface area (Å²) >= 11 is 0. The third-order valence-corrected chi connectivity index (χ3v) is 3.50. The van der Waals surface area contributed by atoms with Crippen LogP contribution < -0.4 is 10.1 Å². The molecule has 4 heteroatoms. The molecule has 1 aromatic carbocycles. The topological polar surface area (TPSA) is 34.2 Å². The molecule has 3 nitrogen and oxygen atoms in total. The van der Waals surface area contributed by atoms with E-state index in [2.05, 4.69) is 31.1 Å². The van der Waals surface area contributed by atoms with Crippen molar-refractivity contribution >= 4 is 16.6 Å². The predicted octanol–water partition coefficient (Wildman–Crippen LogP) is 4.64. The summed E-state index contributed by atoms with van der Waals surface area (Å²) in [6.45, 7) is 11.4. The number of ether oxygens (including phenoxy) is 1. The van der Waals surface area contributed by atoms with Crippen LogP contribution in [0, 0.1) is 12.7 Å². The molecule has 1 N–H and O–H groups in total. The number of rotatable bonds is 5. The van der Waals surface area contributed by atoms with Gasteiger partial charge in [0, 0.05) is 29.4 Å². The van der Waals surface area contributed by atoms with Gasteiger partial charge in [0.2, 0.25) is 0 Å². The summed E-state index contributed by atoms with van der Waals surface area (Å²) in [6.07, 6.45) is 0. The van der Waals surface area contributed by atoms with Crippen LogP contribution in [-0.2, 0) is 0 Å². The number of anilines is 1. The van der Waals surface area contributed by atoms with Crippen molar-refractivity contribution in [2.75, 3.05) is 18.5 Å². The van der Waals surface area contributed by atoms with Crippen molar-refractivity contribution in [1.82, 2.24) is 4.98 Å². The van der Waals surface area contributed by atoms with E-state index >= 15 is 0 Å². The molecule has 0 saturated carbocycles. The maximum Gasteiger partial charge on any atom is 0.167 e. The molecule has 0 spiro atoms. The number of nitrogens with one attached hydrogen (secondary N) is 1. The average Bonchev–Trinajstić information content (AvgIpc) is 2.40. The Kier molecular flexibility index (Phi) is 4.66. The fraction of sp³-hybridized carbons (Fsp3) is 0.471. The van der Waals surface area contributed by atoms with Gasteiger partial charge in [-0.25, -0.2) is 4.39 Å². The molecule has 0 saturated heterocycles. The Hall–Kier alpha value is -1.84.